The van der Waals surface area contributed by atoms with Gasteiger partial charge in [0.05, 0.1) is 0 Å². The van der Waals surface area contributed by atoms with Crippen LogP contribution in [-0.2, 0) is 0 Å². The molecule has 0 spiro atoms. The van der Waals surface area contributed by atoms with Gasteiger partial charge in [0.1, 0.15) is 16.5 Å². The van der Waals surface area contributed by atoms with E-state index in [1.807, 2.05) is 109 Å². The Morgan fingerprint density at radius 1 is 0.432 bits per heavy atom. The first kappa shape index (κ1) is 33.2. The summed E-state index contributed by atoms with van der Waals surface area (Å²) in [6, 6.07) is 37.4. The molecule has 0 aromatic heterocycles. The van der Waals surface area contributed by atoms with E-state index in [1.165, 1.54) is 50.6 Å². The lowest BCUT2D eigenvalue weighted by molar-refractivity contribution is 0.103. The van der Waals surface area contributed by atoms with Crippen molar-refractivity contribution in [2.45, 2.75) is 76.8 Å². The summed E-state index contributed by atoms with van der Waals surface area (Å²) >= 11 is 0. The van der Waals surface area contributed by atoms with Gasteiger partial charge in [-0.05, 0) is 60.6 Å². The first-order valence-corrected chi connectivity index (χ1v) is 22.5. The number of carbonyl (C=O) groups is 2. The van der Waals surface area contributed by atoms with Crippen molar-refractivity contribution < 1.29 is 9.59 Å². The highest BCUT2D eigenvalue weighted by molar-refractivity contribution is 6.80. The second-order valence-corrected chi connectivity index (χ2v) is 22.2. The van der Waals surface area contributed by atoms with Gasteiger partial charge in [-0.15, -0.1) is 0 Å². The number of carbonyl (C=O) groups excluding carboxylic acids is 2. The zero-order valence-corrected chi connectivity index (χ0v) is 28.9. The van der Waals surface area contributed by atoms with E-state index in [1.54, 1.807) is 0 Å². The van der Waals surface area contributed by atoms with Crippen molar-refractivity contribution in [3.63, 3.8) is 0 Å². The Labute approximate surface area is 266 Å². The van der Waals surface area contributed by atoms with Gasteiger partial charge in [-0.2, -0.15) is 0 Å². The number of hydrogen-bond acceptors (Lipinski definition) is 4. The van der Waals surface area contributed by atoms with Crippen LogP contribution in [0, 0.1) is 0 Å². The van der Waals surface area contributed by atoms with Gasteiger partial charge >= 0.3 is 0 Å². The molecule has 0 heterocycles. The molecule has 0 unspecified atom stereocenters. The summed E-state index contributed by atoms with van der Waals surface area (Å²) in [6.07, 6.45) is 7.70. The van der Waals surface area contributed by atoms with E-state index >= 15 is 0 Å². The molecule has 0 bridgehead atoms. The summed E-state index contributed by atoms with van der Waals surface area (Å²) in [6.45, 7) is 9.57. The molecule has 44 heavy (non-hydrogen) atoms. The summed E-state index contributed by atoms with van der Waals surface area (Å²) in [4.78, 5) is 33.0. The summed E-state index contributed by atoms with van der Waals surface area (Å²) in [5.41, 5.74) is 5.14. The van der Waals surface area contributed by atoms with Gasteiger partial charge < -0.3 is 9.96 Å². The van der Waals surface area contributed by atoms with Crippen molar-refractivity contribution in [2.24, 2.45) is 0 Å². The first-order valence-electron chi connectivity index (χ1n) is 16.1. The van der Waals surface area contributed by atoms with Crippen LogP contribution in [0.1, 0.15) is 70.4 Å². The molecule has 4 aromatic rings. The molecule has 0 radical (unpaired) electrons. The second kappa shape index (κ2) is 15.8. The van der Waals surface area contributed by atoms with Crippen molar-refractivity contribution in [1.82, 2.24) is 0 Å². The quantitative estimate of drug-likeness (QED) is 0.0700. The van der Waals surface area contributed by atoms with Gasteiger partial charge in [0.25, 0.3) is 0 Å². The Bertz CT molecular complexity index is 1350. The van der Waals surface area contributed by atoms with Crippen LogP contribution in [0.4, 0.5) is 11.4 Å². The molecular formula is C38H48N2O2Si2. The van der Waals surface area contributed by atoms with Crippen LogP contribution in [0.2, 0.25) is 38.3 Å². The third kappa shape index (κ3) is 10.5. The monoisotopic (exact) mass is 620 g/mol. The summed E-state index contributed by atoms with van der Waals surface area (Å²) < 4.78 is 0. The molecule has 0 aliphatic rings. The zero-order valence-electron chi connectivity index (χ0n) is 26.9. The molecule has 0 aliphatic heterocycles. The summed E-state index contributed by atoms with van der Waals surface area (Å²) in [5.74, 6) is 0.137. The molecule has 4 nitrogen and oxygen atoms in total. The van der Waals surface area contributed by atoms with Crippen LogP contribution >= 0.6 is 0 Å². The van der Waals surface area contributed by atoms with Crippen molar-refractivity contribution in [2.75, 3.05) is 9.96 Å². The number of anilines is 2. The van der Waals surface area contributed by atoms with Crippen LogP contribution in [0.5, 0.6) is 0 Å². The smallest absolute Gasteiger partial charge is 0.193 e. The van der Waals surface area contributed by atoms with Crippen LogP contribution in [0.15, 0.2) is 109 Å². The standard InChI is InChI=1S/C38H48N2O2Si2/c1-43(2,39-35-25-21-33(22-26-35)37(41)31-17-11-9-12-18-31)29-15-7-5-6-8-16-30-44(3,4)40-36-27-23-34(24-28-36)38(42)32-19-13-10-14-20-32/h9-14,17-28,39-40H,5-8,15-16,29-30H2,1-4H3. The fraction of sp³-hybridized carbons (Fsp3) is 0.316. The molecule has 2 N–H and O–H groups in total. The van der Waals surface area contributed by atoms with Crippen molar-refractivity contribution in [1.29, 1.82) is 0 Å². The predicted octanol–water partition coefficient (Wildman–Crippen LogP) is 10.4. The maximum atomic E-state index is 12.7. The normalized spacial score (nSPS) is 11.6. The van der Waals surface area contributed by atoms with Crippen molar-refractivity contribution in [3.8, 4) is 0 Å². The average molecular weight is 621 g/mol. The largest absolute Gasteiger partial charge is 0.411 e. The van der Waals surface area contributed by atoms with Crippen LogP contribution < -0.4 is 9.96 Å². The minimum Gasteiger partial charge on any atom is -0.411 e. The van der Waals surface area contributed by atoms with Gasteiger partial charge in [0.15, 0.2) is 11.6 Å². The average Bonchev–Trinajstić information content (AvgIpc) is 3.03. The third-order valence-corrected chi connectivity index (χ3v) is 13.3. The highest BCUT2D eigenvalue weighted by Crippen LogP contribution is 2.23. The van der Waals surface area contributed by atoms with E-state index in [0.29, 0.717) is 0 Å². The van der Waals surface area contributed by atoms with E-state index in [-0.39, 0.29) is 11.6 Å². The number of nitrogens with one attached hydrogen (secondary N) is 2. The van der Waals surface area contributed by atoms with Crippen LogP contribution in [-0.4, -0.2) is 28.0 Å². The van der Waals surface area contributed by atoms with Crippen molar-refractivity contribution >= 4 is 39.4 Å². The maximum Gasteiger partial charge on any atom is 0.193 e. The maximum absolute atomic E-state index is 12.7. The Morgan fingerprint density at radius 3 is 1.07 bits per heavy atom. The van der Waals surface area contributed by atoms with Crippen LogP contribution in [0.25, 0.3) is 0 Å². The Morgan fingerprint density at radius 2 is 0.727 bits per heavy atom. The molecule has 0 saturated carbocycles. The molecule has 230 valence electrons. The van der Waals surface area contributed by atoms with E-state index in [4.69, 9.17) is 0 Å². The van der Waals surface area contributed by atoms with Crippen molar-refractivity contribution in [3.05, 3.63) is 131 Å². The fourth-order valence-corrected chi connectivity index (χ4v) is 10.1. The Hall–Kier alpha value is -3.75. The topological polar surface area (TPSA) is 58.2 Å². The molecule has 4 aromatic carbocycles. The molecule has 0 saturated heterocycles. The first-order chi connectivity index (χ1) is 21.1. The number of ketones is 2. The lowest BCUT2D eigenvalue weighted by atomic mass is 10.0. The molecule has 0 fully saturated rings. The van der Waals surface area contributed by atoms with Gasteiger partial charge in [-0.1, -0.05) is 125 Å². The van der Waals surface area contributed by atoms with E-state index < -0.39 is 16.5 Å². The molecule has 0 atom stereocenters. The number of hydrogen-bond donors (Lipinski definition) is 2. The van der Waals surface area contributed by atoms with Gasteiger partial charge in [0.2, 0.25) is 0 Å². The molecule has 0 amide bonds. The Balaban J connectivity index is 1.09. The number of unbranched alkanes of at least 4 members (excludes halogenated alkanes) is 5. The molecule has 6 heteroatoms. The zero-order chi connectivity index (χ0) is 31.4. The van der Waals surface area contributed by atoms with Gasteiger partial charge in [0, 0.05) is 33.6 Å². The number of rotatable bonds is 17. The minimum atomic E-state index is -1.57. The summed E-state index contributed by atoms with van der Waals surface area (Å²) in [5, 5.41) is 0. The lowest BCUT2D eigenvalue weighted by Crippen LogP contribution is -2.36. The Kier molecular flexibility index (Phi) is 11.9. The highest BCUT2D eigenvalue weighted by atomic mass is 28.3. The molecule has 0 aliphatic carbocycles. The van der Waals surface area contributed by atoms with E-state index in [2.05, 4.69) is 36.2 Å². The predicted molar refractivity (Wildman–Crippen MR) is 192 cm³/mol. The second-order valence-electron chi connectivity index (χ2n) is 13.2. The highest BCUT2D eigenvalue weighted by Gasteiger charge is 2.22. The summed E-state index contributed by atoms with van der Waals surface area (Å²) in [7, 11) is -3.15. The number of benzene rings is 4. The van der Waals surface area contributed by atoms with Gasteiger partial charge in [-0.3, -0.25) is 9.59 Å². The van der Waals surface area contributed by atoms with Crippen LogP contribution in [0.3, 0.4) is 0 Å². The fourth-order valence-electron chi connectivity index (χ4n) is 5.67. The minimum absolute atomic E-state index is 0.0685. The van der Waals surface area contributed by atoms with E-state index in [0.717, 1.165) is 33.6 Å². The SMILES string of the molecule is C[Si](C)(CCCCCCCC[Si](C)(C)Nc1ccc(C(=O)c2ccccc2)cc1)Nc1ccc(C(=O)c2ccccc2)cc1. The van der Waals surface area contributed by atoms with E-state index in [9.17, 15) is 9.59 Å². The molecule has 4 rings (SSSR count). The third-order valence-electron chi connectivity index (χ3n) is 8.19. The molecular weight excluding hydrogens is 573 g/mol. The van der Waals surface area contributed by atoms with Gasteiger partial charge in [-0.25, -0.2) is 0 Å². The lowest BCUT2D eigenvalue weighted by Gasteiger charge is -2.25.